The Balaban J connectivity index is 1.74. The lowest BCUT2D eigenvalue weighted by Gasteiger charge is -2.13. The monoisotopic (exact) mass is 454 g/mol. The fourth-order valence-corrected chi connectivity index (χ4v) is 3.84. The number of carboxylic acid groups (broad SMARTS) is 1. The average Bonchev–Trinajstić information content (AvgIpc) is 3.16. The third-order valence-electron chi connectivity index (χ3n) is 4.08. The number of carbonyl (C=O) groups is 1. The van der Waals surface area contributed by atoms with Crippen molar-refractivity contribution in [2.45, 2.75) is 12.5 Å². The van der Waals surface area contributed by atoms with Gasteiger partial charge in [-0.2, -0.15) is 5.10 Å². The van der Waals surface area contributed by atoms with Gasteiger partial charge in [0.25, 0.3) is 0 Å². The van der Waals surface area contributed by atoms with Crippen LogP contribution < -0.4 is 10.7 Å². The van der Waals surface area contributed by atoms with Gasteiger partial charge in [-0.1, -0.05) is 59.2 Å². The molecule has 0 amide bonds. The number of halogens is 2. The van der Waals surface area contributed by atoms with Crippen LogP contribution in [0.2, 0.25) is 10.0 Å². The summed E-state index contributed by atoms with van der Waals surface area (Å²) in [6, 6.07) is 11.4. The van der Waals surface area contributed by atoms with Gasteiger partial charge in [-0.15, -0.1) is 5.23 Å². The molecule has 1 aliphatic heterocycles. The van der Waals surface area contributed by atoms with Crippen LogP contribution in [0.4, 0.5) is 5.69 Å². The van der Waals surface area contributed by atoms with E-state index in [0.717, 1.165) is 5.56 Å². The number of aliphatic imine (C=N–C) groups is 1. The molecule has 2 aromatic carbocycles. The average molecular weight is 455 g/mol. The maximum absolute atomic E-state index is 11.6. The predicted molar refractivity (Wildman–Crippen MR) is 114 cm³/mol. The Kier molecular flexibility index (Phi) is 6.99. The molecule has 152 valence electrons. The van der Waals surface area contributed by atoms with Crippen LogP contribution in [-0.4, -0.2) is 38.1 Å². The van der Waals surface area contributed by atoms with Gasteiger partial charge in [-0.25, -0.2) is 4.79 Å². The van der Waals surface area contributed by atoms with Gasteiger partial charge in [0.05, 0.1) is 21.8 Å². The molecule has 1 aliphatic rings. The Morgan fingerprint density at radius 3 is 2.69 bits per heavy atom. The van der Waals surface area contributed by atoms with Gasteiger partial charge in [-0.3, -0.25) is 20.8 Å². The molecule has 0 aliphatic carbocycles. The molecule has 3 rings (SSSR count). The van der Waals surface area contributed by atoms with Gasteiger partial charge < -0.3 is 5.11 Å². The normalized spacial score (nSPS) is 16.5. The second-order valence-corrected chi connectivity index (χ2v) is 7.83. The number of rotatable bonds is 6. The van der Waals surface area contributed by atoms with Crippen molar-refractivity contribution in [2.24, 2.45) is 10.1 Å². The van der Waals surface area contributed by atoms with E-state index in [1.165, 1.54) is 17.8 Å². The number of aliphatic carboxylic acids is 1. The molecule has 0 bridgehead atoms. The Morgan fingerprint density at radius 2 is 2.00 bits per heavy atom. The SMILES string of the molecule is O=C(O)C(Cc1ccccc1N(O)O)=NNC1=NC(c2ccc(Cl)c(Cl)c2)CS1. The summed E-state index contributed by atoms with van der Waals surface area (Å²) in [6.45, 7) is 0. The van der Waals surface area contributed by atoms with Crippen molar-refractivity contribution in [3.63, 3.8) is 0 Å². The zero-order valence-corrected chi connectivity index (χ0v) is 17.1. The number of amidine groups is 1. The molecule has 0 fully saturated rings. The summed E-state index contributed by atoms with van der Waals surface area (Å²) in [5.74, 6) is -0.593. The maximum Gasteiger partial charge on any atom is 0.352 e. The van der Waals surface area contributed by atoms with E-state index in [9.17, 15) is 20.3 Å². The molecule has 8 nitrogen and oxygen atoms in total. The fourth-order valence-electron chi connectivity index (χ4n) is 2.64. The summed E-state index contributed by atoms with van der Waals surface area (Å²) in [5, 5.41) is 33.3. The standard InChI is InChI=1S/C18H16Cl2N4O4S/c19-12-6-5-10(7-13(12)20)15-9-29-18(21-15)23-22-14(17(25)26)8-11-3-1-2-4-16(11)24(27)28/h1-7,15,27-28H,8-9H2,(H,21,23)(H,25,26). The quantitative estimate of drug-likeness (QED) is 0.384. The van der Waals surface area contributed by atoms with Crippen LogP contribution >= 0.6 is 35.0 Å². The van der Waals surface area contributed by atoms with Crippen LogP contribution in [0.3, 0.4) is 0 Å². The highest BCUT2D eigenvalue weighted by atomic mass is 35.5. The first-order chi connectivity index (χ1) is 13.8. The van der Waals surface area contributed by atoms with E-state index < -0.39 is 5.97 Å². The van der Waals surface area contributed by atoms with Crippen molar-refractivity contribution in [2.75, 3.05) is 11.0 Å². The molecular weight excluding hydrogens is 439 g/mol. The van der Waals surface area contributed by atoms with E-state index in [-0.39, 0.29) is 29.1 Å². The van der Waals surface area contributed by atoms with Crippen LogP contribution in [0.25, 0.3) is 0 Å². The van der Waals surface area contributed by atoms with Gasteiger partial charge >= 0.3 is 5.97 Å². The Labute approximate surface area is 180 Å². The molecule has 11 heteroatoms. The van der Waals surface area contributed by atoms with Crippen LogP contribution in [-0.2, 0) is 11.2 Å². The van der Waals surface area contributed by atoms with E-state index in [1.54, 1.807) is 30.3 Å². The first-order valence-electron chi connectivity index (χ1n) is 8.32. The summed E-state index contributed by atoms with van der Waals surface area (Å²) in [5.41, 5.74) is 3.81. The summed E-state index contributed by atoms with van der Waals surface area (Å²) in [6.07, 6.45) is -0.121. The van der Waals surface area contributed by atoms with Gasteiger partial charge in [0, 0.05) is 12.2 Å². The Bertz CT molecular complexity index is 984. The predicted octanol–water partition coefficient (Wildman–Crippen LogP) is 4.00. The lowest BCUT2D eigenvalue weighted by Crippen LogP contribution is -2.23. The van der Waals surface area contributed by atoms with E-state index >= 15 is 0 Å². The third-order valence-corrected chi connectivity index (χ3v) is 5.77. The number of nitrogens with zero attached hydrogens (tertiary/aromatic N) is 3. The summed E-state index contributed by atoms with van der Waals surface area (Å²) >= 11 is 13.4. The topological polar surface area (TPSA) is 118 Å². The zero-order chi connectivity index (χ0) is 21.0. The van der Waals surface area contributed by atoms with Crippen molar-refractivity contribution < 1.29 is 20.3 Å². The Morgan fingerprint density at radius 1 is 1.24 bits per heavy atom. The van der Waals surface area contributed by atoms with Crippen molar-refractivity contribution in [1.82, 2.24) is 5.43 Å². The molecule has 0 saturated heterocycles. The van der Waals surface area contributed by atoms with Gasteiger partial charge in [0.15, 0.2) is 5.17 Å². The van der Waals surface area contributed by atoms with Crippen molar-refractivity contribution in [1.29, 1.82) is 0 Å². The van der Waals surface area contributed by atoms with E-state index in [0.29, 0.717) is 26.5 Å². The van der Waals surface area contributed by atoms with Crippen LogP contribution in [0.15, 0.2) is 52.6 Å². The Hall–Kier alpha value is -2.30. The molecule has 29 heavy (non-hydrogen) atoms. The third kappa shape index (κ3) is 5.40. The maximum atomic E-state index is 11.6. The number of hydrogen-bond acceptors (Lipinski definition) is 8. The second kappa shape index (κ2) is 9.47. The number of anilines is 1. The molecule has 0 spiro atoms. The minimum atomic E-state index is -1.24. The zero-order valence-electron chi connectivity index (χ0n) is 14.8. The first-order valence-corrected chi connectivity index (χ1v) is 10.1. The molecular formula is C18H16Cl2N4O4S. The number of thioether (sulfide) groups is 1. The minimum absolute atomic E-state index is 0.0546. The molecule has 1 atom stereocenters. The summed E-state index contributed by atoms with van der Waals surface area (Å²) in [4.78, 5) is 16.1. The van der Waals surface area contributed by atoms with Crippen LogP contribution in [0.1, 0.15) is 17.2 Å². The highest BCUT2D eigenvalue weighted by molar-refractivity contribution is 8.14. The van der Waals surface area contributed by atoms with Crippen molar-refractivity contribution in [3.05, 3.63) is 63.6 Å². The molecule has 1 heterocycles. The van der Waals surface area contributed by atoms with Gasteiger partial charge in [0.2, 0.25) is 0 Å². The van der Waals surface area contributed by atoms with E-state index in [4.69, 9.17) is 23.2 Å². The number of hydrazone groups is 1. The number of carboxylic acids is 1. The summed E-state index contributed by atoms with van der Waals surface area (Å²) < 4.78 is 0. The largest absolute Gasteiger partial charge is 0.477 e. The number of nitrogens with one attached hydrogen (secondary N) is 1. The minimum Gasteiger partial charge on any atom is -0.477 e. The van der Waals surface area contributed by atoms with Crippen LogP contribution in [0, 0.1) is 0 Å². The lowest BCUT2D eigenvalue weighted by atomic mass is 10.1. The van der Waals surface area contributed by atoms with Crippen LogP contribution in [0.5, 0.6) is 0 Å². The summed E-state index contributed by atoms with van der Waals surface area (Å²) in [7, 11) is 0. The highest BCUT2D eigenvalue weighted by Crippen LogP contribution is 2.33. The van der Waals surface area contributed by atoms with Gasteiger partial charge in [-0.05, 0) is 29.3 Å². The smallest absolute Gasteiger partial charge is 0.352 e. The number of benzene rings is 2. The van der Waals surface area contributed by atoms with E-state index in [1.807, 2.05) is 6.07 Å². The molecule has 0 aromatic heterocycles. The highest BCUT2D eigenvalue weighted by Gasteiger charge is 2.21. The number of hydrogen-bond donors (Lipinski definition) is 4. The lowest BCUT2D eigenvalue weighted by molar-refractivity contribution is -0.129. The fraction of sp³-hybridized carbons (Fsp3) is 0.167. The van der Waals surface area contributed by atoms with Crippen molar-refractivity contribution in [3.8, 4) is 0 Å². The molecule has 0 radical (unpaired) electrons. The molecule has 1 unspecified atom stereocenters. The van der Waals surface area contributed by atoms with Crippen molar-refractivity contribution >= 4 is 57.5 Å². The molecule has 2 aromatic rings. The van der Waals surface area contributed by atoms with Gasteiger partial charge in [0.1, 0.15) is 5.71 Å². The molecule has 4 N–H and O–H groups in total. The molecule has 0 saturated carbocycles. The van der Waals surface area contributed by atoms with E-state index in [2.05, 4.69) is 15.5 Å². The second-order valence-electron chi connectivity index (χ2n) is 6.00. The number of para-hydroxylation sites is 1. The first kappa shape index (κ1) is 21.4.